The van der Waals surface area contributed by atoms with E-state index in [2.05, 4.69) is 12.1 Å². The number of ether oxygens (including phenoxy) is 2. The molecule has 1 fully saturated rings. The number of methoxy groups -OCH3 is 1. The summed E-state index contributed by atoms with van der Waals surface area (Å²) in [5, 5.41) is 0. The minimum absolute atomic E-state index is 0.00485. The van der Waals surface area contributed by atoms with Crippen LogP contribution in [0.15, 0.2) is 54.6 Å². The van der Waals surface area contributed by atoms with E-state index in [0.29, 0.717) is 5.56 Å². The third kappa shape index (κ3) is 3.60. The maximum absolute atomic E-state index is 11.5. The van der Waals surface area contributed by atoms with Crippen molar-refractivity contribution in [2.45, 2.75) is 31.1 Å². The lowest BCUT2D eigenvalue weighted by molar-refractivity contribution is -0.0605. The number of hydrogen-bond acceptors (Lipinski definition) is 4. The van der Waals surface area contributed by atoms with Crippen molar-refractivity contribution in [1.29, 1.82) is 0 Å². The second-order valence-corrected chi connectivity index (χ2v) is 5.87. The lowest BCUT2D eigenvalue weighted by Gasteiger charge is -2.34. The van der Waals surface area contributed by atoms with Gasteiger partial charge < -0.3 is 15.2 Å². The first kappa shape index (κ1) is 15.7. The molecule has 3 atom stereocenters. The van der Waals surface area contributed by atoms with Crippen molar-refractivity contribution >= 4 is 5.97 Å². The molecule has 0 unspecified atom stereocenters. The van der Waals surface area contributed by atoms with Gasteiger partial charge in [-0.2, -0.15) is 0 Å². The second kappa shape index (κ2) is 6.94. The number of carbonyl (C=O) groups excluding carboxylic acids is 1. The summed E-state index contributed by atoms with van der Waals surface area (Å²) in [6.07, 6.45) is 1.54. The number of carbonyl (C=O) groups is 1. The summed E-state index contributed by atoms with van der Waals surface area (Å²) in [4.78, 5) is 11.5. The van der Waals surface area contributed by atoms with Gasteiger partial charge in [0.05, 0.1) is 24.9 Å². The standard InChI is InChI=1S/C19H21NO3/c1-22-19(21)15-9-7-14(8-10-15)18-12-16(20)11-17(23-18)13-5-3-2-4-6-13/h2-10,16-18H,11-12,20H2,1H3/t16-,17+,18-/m1/s1. The molecule has 120 valence electrons. The topological polar surface area (TPSA) is 61.5 Å². The highest BCUT2D eigenvalue weighted by molar-refractivity contribution is 5.89. The molecule has 2 N–H and O–H groups in total. The average Bonchev–Trinajstić information content (AvgIpc) is 2.61. The molecule has 1 heterocycles. The zero-order chi connectivity index (χ0) is 16.2. The van der Waals surface area contributed by atoms with Gasteiger partial charge in [-0.1, -0.05) is 42.5 Å². The molecule has 1 saturated heterocycles. The number of nitrogens with two attached hydrogens (primary N) is 1. The fourth-order valence-electron chi connectivity index (χ4n) is 3.00. The summed E-state index contributed by atoms with van der Waals surface area (Å²) >= 11 is 0. The van der Waals surface area contributed by atoms with Crippen LogP contribution < -0.4 is 5.73 Å². The highest BCUT2D eigenvalue weighted by Crippen LogP contribution is 2.38. The van der Waals surface area contributed by atoms with Gasteiger partial charge in [-0.25, -0.2) is 4.79 Å². The van der Waals surface area contributed by atoms with Crippen molar-refractivity contribution in [2.75, 3.05) is 7.11 Å². The van der Waals surface area contributed by atoms with Gasteiger partial charge in [-0.15, -0.1) is 0 Å². The molecule has 2 aromatic rings. The molecule has 0 bridgehead atoms. The minimum Gasteiger partial charge on any atom is -0.465 e. The van der Waals surface area contributed by atoms with Crippen molar-refractivity contribution < 1.29 is 14.3 Å². The average molecular weight is 311 g/mol. The Balaban J connectivity index is 1.78. The predicted molar refractivity (Wildman–Crippen MR) is 88.0 cm³/mol. The zero-order valence-electron chi connectivity index (χ0n) is 13.1. The maximum Gasteiger partial charge on any atom is 0.337 e. The molecular formula is C19H21NO3. The summed E-state index contributed by atoms with van der Waals surface area (Å²) in [5.41, 5.74) is 8.96. The highest BCUT2D eigenvalue weighted by atomic mass is 16.5. The van der Waals surface area contributed by atoms with E-state index < -0.39 is 0 Å². The smallest absolute Gasteiger partial charge is 0.337 e. The fraction of sp³-hybridized carbons (Fsp3) is 0.316. The number of hydrogen-bond donors (Lipinski definition) is 1. The van der Waals surface area contributed by atoms with Gasteiger partial charge in [0.15, 0.2) is 0 Å². The van der Waals surface area contributed by atoms with Crippen LogP contribution in [-0.2, 0) is 9.47 Å². The Labute approximate surface area is 136 Å². The quantitative estimate of drug-likeness (QED) is 0.883. The second-order valence-electron chi connectivity index (χ2n) is 5.87. The van der Waals surface area contributed by atoms with E-state index in [1.54, 1.807) is 12.1 Å². The largest absolute Gasteiger partial charge is 0.465 e. The molecule has 4 nitrogen and oxygen atoms in total. The molecule has 0 radical (unpaired) electrons. The van der Waals surface area contributed by atoms with Crippen molar-refractivity contribution in [2.24, 2.45) is 5.73 Å². The molecule has 23 heavy (non-hydrogen) atoms. The molecule has 0 aromatic heterocycles. The first-order valence-corrected chi connectivity index (χ1v) is 7.81. The lowest BCUT2D eigenvalue weighted by atomic mass is 9.91. The fourth-order valence-corrected chi connectivity index (χ4v) is 3.00. The predicted octanol–water partition coefficient (Wildman–Crippen LogP) is 3.39. The molecule has 0 aliphatic carbocycles. The number of rotatable bonds is 3. The zero-order valence-corrected chi connectivity index (χ0v) is 13.1. The van der Waals surface area contributed by atoms with E-state index in [1.807, 2.05) is 30.3 Å². The Hall–Kier alpha value is -2.17. The number of esters is 1. The van der Waals surface area contributed by atoms with E-state index in [0.717, 1.165) is 24.0 Å². The Morgan fingerprint density at radius 1 is 1.00 bits per heavy atom. The Morgan fingerprint density at radius 2 is 1.57 bits per heavy atom. The van der Waals surface area contributed by atoms with Crippen LogP contribution in [0.4, 0.5) is 0 Å². The van der Waals surface area contributed by atoms with Crippen molar-refractivity contribution in [3.8, 4) is 0 Å². The summed E-state index contributed by atoms with van der Waals surface area (Å²) in [6, 6.07) is 17.6. The van der Waals surface area contributed by atoms with E-state index in [1.165, 1.54) is 7.11 Å². The molecule has 0 amide bonds. The molecule has 1 aliphatic heterocycles. The van der Waals surface area contributed by atoms with Crippen LogP contribution in [0.1, 0.15) is 46.5 Å². The van der Waals surface area contributed by atoms with Gasteiger partial charge in [0.1, 0.15) is 0 Å². The normalized spacial score (nSPS) is 24.2. The Morgan fingerprint density at radius 3 is 2.13 bits per heavy atom. The molecule has 3 rings (SSSR count). The van der Waals surface area contributed by atoms with E-state index in [-0.39, 0.29) is 24.2 Å². The summed E-state index contributed by atoms with van der Waals surface area (Å²) in [5.74, 6) is -0.333. The molecule has 4 heteroatoms. The van der Waals surface area contributed by atoms with Gasteiger partial charge in [-0.3, -0.25) is 0 Å². The third-order valence-corrected chi connectivity index (χ3v) is 4.24. The Bertz CT molecular complexity index is 654. The summed E-state index contributed by atoms with van der Waals surface area (Å²) in [6.45, 7) is 0. The third-order valence-electron chi connectivity index (χ3n) is 4.24. The van der Waals surface area contributed by atoms with Crippen molar-refractivity contribution in [3.63, 3.8) is 0 Å². The monoisotopic (exact) mass is 311 g/mol. The minimum atomic E-state index is -0.333. The van der Waals surface area contributed by atoms with Crippen LogP contribution in [-0.4, -0.2) is 19.1 Å². The van der Waals surface area contributed by atoms with E-state index >= 15 is 0 Å². The molecular weight excluding hydrogens is 290 g/mol. The van der Waals surface area contributed by atoms with E-state index in [4.69, 9.17) is 15.2 Å². The van der Waals surface area contributed by atoms with Crippen LogP contribution in [0.2, 0.25) is 0 Å². The van der Waals surface area contributed by atoms with E-state index in [9.17, 15) is 4.79 Å². The Kier molecular flexibility index (Phi) is 4.74. The van der Waals surface area contributed by atoms with Gasteiger partial charge in [0.25, 0.3) is 0 Å². The van der Waals surface area contributed by atoms with Gasteiger partial charge in [0.2, 0.25) is 0 Å². The molecule has 1 aliphatic rings. The van der Waals surface area contributed by atoms with Crippen LogP contribution >= 0.6 is 0 Å². The SMILES string of the molecule is COC(=O)c1ccc([C@H]2C[C@H](N)C[C@@H](c3ccccc3)O2)cc1. The van der Waals surface area contributed by atoms with Crippen molar-refractivity contribution in [3.05, 3.63) is 71.3 Å². The first-order chi connectivity index (χ1) is 11.2. The van der Waals surface area contributed by atoms with Crippen LogP contribution in [0.5, 0.6) is 0 Å². The van der Waals surface area contributed by atoms with Gasteiger partial charge in [0, 0.05) is 6.04 Å². The van der Waals surface area contributed by atoms with Crippen molar-refractivity contribution in [1.82, 2.24) is 0 Å². The first-order valence-electron chi connectivity index (χ1n) is 7.81. The maximum atomic E-state index is 11.5. The lowest BCUT2D eigenvalue weighted by Crippen LogP contribution is -2.32. The van der Waals surface area contributed by atoms with Crippen LogP contribution in [0.3, 0.4) is 0 Å². The van der Waals surface area contributed by atoms with Crippen LogP contribution in [0.25, 0.3) is 0 Å². The summed E-state index contributed by atoms with van der Waals surface area (Å²) in [7, 11) is 1.38. The highest BCUT2D eigenvalue weighted by Gasteiger charge is 2.29. The van der Waals surface area contributed by atoms with Gasteiger partial charge >= 0.3 is 5.97 Å². The molecule has 2 aromatic carbocycles. The van der Waals surface area contributed by atoms with Crippen LogP contribution in [0, 0.1) is 0 Å². The number of benzene rings is 2. The molecule has 0 saturated carbocycles. The molecule has 0 spiro atoms. The van der Waals surface area contributed by atoms with Gasteiger partial charge in [-0.05, 0) is 36.1 Å². The summed E-state index contributed by atoms with van der Waals surface area (Å²) < 4.78 is 11.0.